The molecule has 92 valence electrons. The van der Waals surface area contributed by atoms with E-state index in [1.165, 1.54) is 0 Å². The molecule has 0 amide bonds. The van der Waals surface area contributed by atoms with Gasteiger partial charge in [0.2, 0.25) is 6.29 Å². The van der Waals surface area contributed by atoms with Gasteiger partial charge in [-0.05, 0) is 12.1 Å². The first-order valence-electron chi connectivity index (χ1n) is 5.92. The fraction of sp³-hybridized carbons (Fsp3) is 0.417. The number of Topliss-reactive ketones (excluding diaryl/α,β-unsaturated/α-hetero) is 1. The second-order valence-electron chi connectivity index (χ2n) is 4.60. The van der Waals surface area contributed by atoms with Gasteiger partial charge in [0.05, 0.1) is 18.2 Å². The van der Waals surface area contributed by atoms with Gasteiger partial charge >= 0.3 is 0 Å². The molecule has 2 aliphatic rings. The molecule has 6 nitrogen and oxygen atoms in total. The highest BCUT2D eigenvalue weighted by Crippen LogP contribution is 2.33. The molecule has 18 heavy (non-hydrogen) atoms. The first-order valence-corrected chi connectivity index (χ1v) is 5.92. The molecule has 2 aromatic rings. The minimum absolute atomic E-state index is 0.0201. The summed E-state index contributed by atoms with van der Waals surface area (Å²) in [5.41, 5.74) is 1.75. The standard InChI is InChI=1S/C12H11N3O3/c16-10-5-9(11-6-17-12(10)18-11)15-8-4-2-1-3-7(8)13-14-15/h1-4,9,11-12H,5-6H2/t9-,11-,12-/m1/s1. The van der Waals surface area contributed by atoms with E-state index >= 15 is 0 Å². The van der Waals surface area contributed by atoms with Gasteiger partial charge in [-0.3, -0.25) is 4.79 Å². The van der Waals surface area contributed by atoms with Crippen LogP contribution in [0.15, 0.2) is 24.3 Å². The van der Waals surface area contributed by atoms with Crippen LogP contribution in [0.1, 0.15) is 12.5 Å². The maximum atomic E-state index is 11.8. The summed E-state index contributed by atoms with van der Waals surface area (Å²) in [4.78, 5) is 11.8. The molecule has 4 rings (SSSR count). The number of para-hydroxylation sites is 1. The Balaban J connectivity index is 1.80. The summed E-state index contributed by atoms with van der Waals surface area (Å²) in [5.74, 6) is -0.0201. The van der Waals surface area contributed by atoms with E-state index in [2.05, 4.69) is 10.3 Å². The lowest BCUT2D eigenvalue weighted by molar-refractivity contribution is -0.156. The number of carbonyl (C=O) groups excluding carboxylic acids is 1. The highest BCUT2D eigenvalue weighted by Gasteiger charge is 2.44. The molecule has 1 aromatic heterocycles. The lowest BCUT2D eigenvalue weighted by Crippen LogP contribution is -2.37. The topological polar surface area (TPSA) is 66.2 Å². The summed E-state index contributed by atoms with van der Waals surface area (Å²) in [7, 11) is 0. The first-order chi connectivity index (χ1) is 8.83. The summed E-state index contributed by atoms with van der Waals surface area (Å²) >= 11 is 0. The minimum Gasteiger partial charge on any atom is -0.343 e. The Hall–Kier alpha value is -1.79. The molecule has 3 atom stereocenters. The second kappa shape index (κ2) is 3.60. The molecule has 0 saturated carbocycles. The highest BCUT2D eigenvalue weighted by molar-refractivity contribution is 5.84. The zero-order valence-electron chi connectivity index (χ0n) is 9.52. The largest absolute Gasteiger partial charge is 0.343 e. The highest BCUT2D eigenvalue weighted by atomic mass is 16.7. The molecule has 2 fully saturated rings. The van der Waals surface area contributed by atoms with Crippen molar-refractivity contribution in [2.75, 3.05) is 6.61 Å². The zero-order valence-corrected chi connectivity index (χ0v) is 9.52. The first kappa shape index (κ1) is 10.2. The molecule has 0 radical (unpaired) electrons. The van der Waals surface area contributed by atoms with Crippen LogP contribution in [0.5, 0.6) is 0 Å². The number of nitrogens with zero attached hydrogens (tertiary/aromatic N) is 3. The Morgan fingerprint density at radius 1 is 1.33 bits per heavy atom. The Labute approximate surface area is 102 Å². The van der Waals surface area contributed by atoms with Gasteiger partial charge in [-0.15, -0.1) is 5.10 Å². The fourth-order valence-electron chi connectivity index (χ4n) is 2.60. The molecule has 0 spiro atoms. The average molecular weight is 245 g/mol. The molecule has 0 aliphatic carbocycles. The van der Waals surface area contributed by atoms with E-state index in [0.717, 1.165) is 11.0 Å². The number of hydrogen-bond acceptors (Lipinski definition) is 5. The number of fused-ring (bicyclic) bond motifs is 3. The van der Waals surface area contributed by atoms with E-state index in [1.54, 1.807) is 4.68 Å². The van der Waals surface area contributed by atoms with Crippen LogP contribution in [-0.2, 0) is 14.3 Å². The molecule has 3 heterocycles. The molecule has 6 heteroatoms. The smallest absolute Gasteiger partial charge is 0.218 e. The minimum atomic E-state index is -0.666. The van der Waals surface area contributed by atoms with Crippen molar-refractivity contribution in [3.05, 3.63) is 24.3 Å². The molecule has 2 aliphatic heterocycles. The molecule has 2 saturated heterocycles. The molecular formula is C12H11N3O3. The fourth-order valence-corrected chi connectivity index (χ4v) is 2.60. The van der Waals surface area contributed by atoms with Crippen molar-refractivity contribution in [3.8, 4) is 0 Å². The monoisotopic (exact) mass is 245 g/mol. The van der Waals surface area contributed by atoms with Crippen LogP contribution in [0.2, 0.25) is 0 Å². The molecule has 1 aromatic carbocycles. The normalized spacial score (nSPS) is 31.1. The summed E-state index contributed by atoms with van der Waals surface area (Å²) in [6.07, 6.45) is -0.387. The van der Waals surface area contributed by atoms with Crippen LogP contribution in [0.3, 0.4) is 0 Å². The number of carbonyl (C=O) groups is 1. The van der Waals surface area contributed by atoms with E-state index in [-0.39, 0.29) is 17.9 Å². The van der Waals surface area contributed by atoms with Gasteiger partial charge < -0.3 is 9.47 Å². The zero-order chi connectivity index (χ0) is 12.1. The number of aromatic nitrogens is 3. The number of rotatable bonds is 1. The maximum absolute atomic E-state index is 11.8. The predicted molar refractivity (Wildman–Crippen MR) is 60.8 cm³/mol. The third-order valence-electron chi connectivity index (χ3n) is 3.50. The Morgan fingerprint density at radius 3 is 3.17 bits per heavy atom. The van der Waals surface area contributed by atoms with Crippen LogP contribution in [-0.4, -0.2) is 39.8 Å². The Bertz CT molecular complexity index is 624. The molecule has 2 bridgehead atoms. The van der Waals surface area contributed by atoms with Gasteiger partial charge in [-0.1, -0.05) is 17.3 Å². The van der Waals surface area contributed by atoms with Gasteiger partial charge in [0, 0.05) is 6.42 Å². The Kier molecular flexibility index (Phi) is 2.03. The van der Waals surface area contributed by atoms with Crippen LogP contribution in [0, 0.1) is 0 Å². The predicted octanol–water partition coefficient (Wildman–Crippen LogP) is 0.687. The van der Waals surface area contributed by atoms with Crippen molar-refractivity contribution < 1.29 is 14.3 Å². The number of benzene rings is 1. The SMILES string of the molecule is O=C1C[C@@H](n2nnc3ccccc32)[C@H]2CO[C@@H]1O2. The lowest BCUT2D eigenvalue weighted by Gasteiger charge is -2.26. The summed E-state index contributed by atoms with van der Waals surface area (Å²) in [6, 6.07) is 7.57. The van der Waals surface area contributed by atoms with E-state index in [0.29, 0.717) is 13.0 Å². The van der Waals surface area contributed by atoms with Crippen LogP contribution >= 0.6 is 0 Å². The van der Waals surface area contributed by atoms with E-state index in [9.17, 15) is 4.79 Å². The van der Waals surface area contributed by atoms with Crippen molar-refractivity contribution >= 4 is 16.8 Å². The van der Waals surface area contributed by atoms with Gasteiger partial charge in [0.25, 0.3) is 0 Å². The quantitative estimate of drug-likeness (QED) is 0.739. The van der Waals surface area contributed by atoms with Crippen molar-refractivity contribution in [1.29, 1.82) is 0 Å². The summed E-state index contributed by atoms with van der Waals surface area (Å²) < 4.78 is 12.6. The van der Waals surface area contributed by atoms with Crippen molar-refractivity contribution in [3.63, 3.8) is 0 Å². The van der Waals surface area contributed by atoms with Crippen molar-refractivity contribution in [2.45, 2.75) is 24.9 Å². The summed E-state index contributed by atoms with van der Waals surface area (Å²) in [6.45, 7) is 0.440. The van der Waals surface area contributed by atoms with E-state index in [4.69, 9.17) is 9.47 Å². The van der Waals surface area contributed by atoms with E-state index in [1.807, 2.05) is 24.3 Å². The van der Waals surface area contributed by atoms with Crippen LogP contribution < -0.4 is 0 Å². The molecular weight excluding hydrogens is 234 g/mol. The Morgan fingerprint density at radius 2 is 2.22 bits per heavy atom. The van der Waals surface area contributed by atoms with Gasteiger partial charge in [0.1, 0.15) is 11.6 Å². The van der Waals surface area contributed by atoms with Gasteiger partial charge in [-0.25, -0.2) is 4.68 Å². The summed E-state index contributed by atoms with van der Waals surface area (Å²) in [5, 5.41) is 8.26. The average Bonchev–Trinajstić information content (AvgIpc) is 3.00. The number of ketones is 1. The van der Waals surface area contributed by atoms with Crippen molar-refractivity contribution in [1.82, 2.24) is 15.0 Å². The van der Waals surface area contributed by atoms with Crippen molar-refractivity contribution in [2.24, 2.45) is 0 Å². The third-order valence-corrected chi connectivity index (χ3v) is 3.50. The molecule has 0 unspecified atom stereocenters. The third kappa shape index (κ3) is 1.33. The van der Waals surface area contributed by atoms with Crippen LogP contribution in [0.4, 0.5) is 0 Å². The number of ether oxygens (including phenoxy) is 2. The number of hydrogen-bond donors (Lipinski definition) is 0. The van der Waals surface area contributed by atoms with Gasteiger partial charge in [-0.2, -0.15) is 0 Å². The lowest BCUT2D eigenvalue weighted by atomic mass is 10.0. The van der Waals surface area contributed by atoms with Gasteiger partial charge in [0.15, 0.2) is 5.78 Å². The van der Waals surface area contributed by atoms with E-state index < -0.39 is 6.29 Å². The molecule has 0 N–H and O–H groups in total. The van der Waals surface area contributed by atoms with Crippen LogP contribution in [0.25, 0.3) is 11.0 Å². The maximum Gasteiger partial charge on any atom is 0.218 e. The second-order valence-corrected chi connectivity index (χ2v) is 4.60.